The van der Waals surface area contributed by atoms with E-state index in [1.807, 2.05) is 111 Å². The van der Waals surface area contributed by atoms with Crippen LogP contribution in [0.4, 0.5) is 0 Å². The second kappa shape index (κ2) is 39.1. The third kappa shape index (κ3) is 23.5. The number of hydrogen-bond donors (Lipinski definition) is 4. The maximum Gasteiger partial charge on any atom is 0.266 e. The predicted octanol–water partition coefficient (Wildman–Crippen LogP) is 19.8. The minimum atomic E-state index is -0.234. The lowest BCUT2D eigenvalue weighted by Gasteiger charge is -2.19. The van der Waals surface area contributed by atoms with Gasteiger partial charge in [-0.2, -0.15) is 13.5 Å². The second-order valence-corrected chi connectivity index (χ2v) is 37.0. The maximum absolute atomic E-state index is 11.9. The van der Waals surface area contributed by atoms with Crippen LogP contribution in [0, 0.1) is 20.8 Å². The van der Waals surface area contributed by atoms with Gasteiger partial charge in [0.1, 0.15) is 29.3 Å². The van der Waals surface area contributed by atoms with E-state index in [4.69, 9.17) is 33.9 Å². The van der Waals surface area contributed by atoms with Crippen LogP contribution in [0.5, 0.6) is 23.0 Å². The van der Waals surface area contributed by atoms with Crippen molar-refractivity contribution in [1.29, 1.82) is 0 Å². The number of aryl methyl sites for hydroxylation is 4. The summed E-state index contributed by atoms with van der Waals surface area (Å²) in [6, 6.07) is 69.0. The molecular weight excluding hydrogens is 1640 g/mol. The molecule has 0 amide bonds. The summed E-state index contributed by atoms with van der Waals surface area (Å²) in [5.74, 6) is 7.01. The van der Waals surface area contributed by atoms with Crippen LogP contribution in [0.15, 0.2) is 252 Å². The van der Waals surface area contributed by atoms with E-state index in [0.29, 0.717) is 89.9 Å². The number of fused-ring (bicyclic) bond motifs is 4. The molecular formula is C94H102N16O8S5. The Labute approximate surface area is 737 Å². The number of nitrogens with zero attached hydrogens (tertiary/aromatic N) is 12. The van der Waals surface area contributed by atoms with E-state index >= 15 is 0 Å². The fraction of sp³-hybridized carbons (Fsp3) is 0.277. The molecule has 16 rings (SSSR count). The van der Waals surface area contributed by atoms with E-state index in [9.17, 15) is 19.2 Å². The summed E-state index contributed by atoms with van der Waals surface area (Å²) < 4.78 is 29.4. The smallest absolute Gasteiger partial charge is 0.266 e. The lowest BCUT2D eigenvalue weighted by atomic mass is 9.86. The van der Waals surface area contributed by atoms with Crippen LogP contribution in [0.2, 0.25) is 0 Å². The zero-order valence-corrected chi connectivity index (χ0v) is 76.3. The fourth-order valence-electron chi connectivity index (χ4n) is 12.8. The average molecular weight is 1740 g/mol. The molecule has 0 unspecified atom stereocenters. The number of methoxy groups -OCH3 is 1. The summed E-state index contributed by atoms with van der Waals surface area (Å²) in [4.78, 5) is 84.8. The zero-order chi connectivity index (χ0) is 86.8. The minimum absolute atomic E-state index is 0. The summed E-state index contributed by atoms with van der Waals surface area (Å²) >= 11 is 5.75. The molecule has 4 N–H and O–H groups in total. The molecule has 0 bridgehead atoms. The van der Waals surface area contributed by atoms with Crippen LogP contribution in [-0.2, 0) is 33.8 Å². The highest BCUT2D eigenvalue weighted by Gasteiger charge is 2.22. The minimum Gasteiger partial charge on any atom is -0.493 e. The molecule has 8 aromatic carbocycles. The third-order valence-corrected chi connectivity index (χ3v) is 23.0. The van der Waals surface area contributed by atoms with Gasteiger partial charge in [-0.3, -0.25) is 39.6 Å². The topological polar surface area (TPSA) is 289 Å². The molecule has 0 aliphatic rings. The largest absolute Gasteiger partial charge is 0.493 e. The van der Waals surface area contributed by atoms with Crippen molar-refractivity contribution in [2.45, 2.75) is 165 Å². The van der Waals surface area contributed by atoms with E-state index in [1.54, 1.807) is 36.9 Å². The number of thioether (sulfide) groups is 4. The number of para-hydroxylation sites is 2. The molecule has 0 saturated carbocycles. The van der Waals surface area contributed by atoms with E-state index in [1.165, 1.54) is 98.5 Å². The molecule has 0 fully saturated rings. The first-order chi connectivity index (χ1) is 58.2. The Morgan fingerprint density at radius 1 is 0.325 bits per heavy atom. The van der Waals surface area contributed by atoms with Crippen molar-refractivity contribution in [1.82, 2.24) is 78.3 Å². The molecule has 636 valence electrons. The first-order valence-corrected chi connectivity index (χ1v) is 43.8. The highest BCUT2D eigenvalue weighted by atomic mass is 32.2. The summed E-state index contributed by atoms with van der Waals surface area (Å²) in [6.45, 7) is 34.5. The molecule has 0 aliphatic heterocycles. The molecule has 0 saturated heterocycles. The van der Waals surface area contributed by atoms with Gasteiger partial charge in [0, 0.05) is 52.3 Å². The van der Waals surface area contributed by atoms with Crippen molar-refractivity contribution < 1.29 is 18.9 Å². The molecule has 29 heteroatoms. The van der Waals surface area contributed by atoms with Crippen LogP contribution < -0.4 is 41.2 Å². The van der Waals surface area contributed by atoms with Gasteiger partial charge in [0.15, 0.2) is 78.0 Å². The van der Waals surface area contributed by atoms with Gasteiger partial charge in [0.25, 0.3) is 22.2 Å². The van der Waals surface area contributed by atoms with Gasteiger partial charge in [-0.15, -0.1) is 0 Å². The zero-order valence-electron chi connectivity index (χ0n) is 72.0. The van der Waals surface area contributed by atoms with Gasteiger partial charge in [-0.1, -0.05) is 259 Å². The number of aromatic nitrogens is 16. The van der Waals surface area contributed by atoms with Crippen molar-refractivity contribution in [3.63, 3.8) is 0 Å². The highest BCUT2D eigenvalue weighted by Crippen LogP contribution is 2.35. The Balaban J connectivity index is 0.000000149. The van der Waals surface area contributed by atoms with E-state index in [-0.39, 0.29) is 63.3 Å². The van der Waals surface area contributed by atoms with Crippen molar-refractivity contribution in [3.8, 4) is 68.5 Å². The molecule has 0 spiro atoms. The highest BCUT2D eigenvalue weighted by molar-refractivity contribution is 7.99. The van der Waals surface area contributed by atoms with Crippen LogP contribution in [0.1, 0.15) is 140 Å². The van der Waals surface area contributed by atoms with Crippen LogP contribution in [-0.4, -0.2) is 103 Å². The number of ether oxygens (including phenoxy) is 4. The molecule has 8 heterocycles. The Bertz CT molecular complexity index is 6550. The molecule has 123 heavy (non-hydrogen) atoms. The first kappa shape index (κ1) is 90.3. The summed E-state index contributed by atoms with van der Waals surface area (Å²) in [6.07, 6.45) is 0.994. The molecule has 8 aromatic heterocycles. The van der Waals surface area contributed by atoms with Gasteiger partial charge in [0.05, 0.1) is 7.11 Å². The Hall–Kier alpha value is -11.9. The van der Waals surface area contributed by atoms with Gasteiger partial charge >= 0.3 is 0 Å². The first-order valence-electron chi connectivity index (χ1n) is 39.9. The maximum atomic E-state index is 11.9. The molecule has 16 aromatic rings. The predicted molar refractivity (Wildman–Crippen MR) is 501 cm³/mol. The van der Waals surface area contributed by atoms with Gasteiger partial charge < -0.3 is 18.9 Å². The lowest BCUT2D eigenvalue weighted by molar-refractivity contribution is 0.344. The Morgan fingerprint density at radius 3 is 0.943 bits per heavy atom. The Kier molecular flexibility index (Phi) is 28.7. The van der Waals surface area contributed by atoms with Gasteiger partial charge in [0.2, 0.25) is 0 Å². The normalized spacial score (nSPS) is 11.7. The van der Waals surface area contributed by atoms with Gasteiger partial charge in [-0.05, 0) is 165 Å². The molecule has 0 aliphatic carbocycles. The summed E-state index contributed by atoms with van der Waals surface area (Å²) in [5.41, 5.74) is 16.2. The van der Waals surface area contributed by atoms with Gasteiger partial charge in [-0.25, -0.2) is 57.9 Å². The third-order valence-electron chi connectivity index (χ3n) is 19.6. The Morgan fingerprint density at radius 2 is 0.626 bits per heavy atom. The monoisotopic (exact) mass is 1740 g/mol. The molecule has 24 nitrogen and oxygen atoms in total. The van der Waals surface area contributed by atoms with E-state index in [0.717, 1.165) is 57.1 Å². The number of benzene rings is 8. The number of rotatable bonds is 21. The number of nitrogens with one attached hydrogen (secondary N) is 4. The van der Waals surface area contributed by atoms with Crippen molar-refractivity contribution in [3.05, 3.63) is 304 Å². The van der Waals surface area contributed by atoms with Crippen LogP contribution >= 0.6 is 60.5 Å². The van der Waals surface area contributed by atoms with Crippen molar-refractivity contribution in [2.24, 2.45) is 0 Å². The number of aromatic amines is 4. The fourth-order valence-corrected chi connectivity index (χ4v) is 15.8. The molecule has 0 atom stereocenters. The molecule has 0 radical (unpaired) electrons. The quantitative estimate of drug-likeness (QED) is 0.0384. The second-order valence-electron chi connectivity index (χ2n) is 33.4. The SMILES string of the molecule is CCc1ccc(OCSc2nc(-c3ccc(C(C)(C)C)cc3)nc3cc(=O)[nH]n23)cc1.COc1ccccc1OCSc1nc(-c2ccc(C(C)(C)C)cc2)nc2cc(=O)[nH]n12.Cc1cc(C)cc(OCSc2nc(-c3ccc(C(C)(C)C)cc3)nc3cc(=O)[nH]n23)c1.Cc1ccc(CSc2nc(-c3ccc(C(C)(C)C)cc3)nc3cc(=O)[nH]n23)cc1.S. The standard InChI is InChI=1S/2C24H26N4O2S.C23H24N4O3S.C23H24N4OS.H2S/c1-15-10-16(2)12-19(11-15)30-14-31-23-26-22(25-20-13-21(29)27-28(20)23)17-6-8-18(9-7-17)24(3,4)5;1-5-16-6-12-19(13-7-16)30-15-31-23-26-22(25-20-14-21(29)27-28(20)23)17-8-10-18(11-9-17)24(2,3)4;1-23(2,3)16-11-9-15(10-12-16)21-24-19-13-20(28)26-27(19)22(25-21)31-14-30-18-8-6-5-7-17(18)29-4;1-15-5-7-16(8-6-15)14-29-22-25-21(24-19-13-20(28)26-27(19)22)17-9-11-18(12-10-17)23(2,3)4;/h6-13H,14H2,1-5H3,(H,27,29);6-14H,5,15H2,1-4H3,(H,27,29);5-13H,14H2,1-4H3,(H,26,28);5-13H,14H2,1-4H3,(H,26,28);1H2. The van der Waals surface area contributed by atoms with Crippen molar-refractivity contribution in [2.75, 3.05) is 24.9 Å². The lowest BCUT2D eigenvalue weighted by Crippen LogP contribution is -2.10. The van der Waals surface area contributed by atoms with E-state index < -0.39 is 0 Å². The van der Waals surface area contributed by atoms with Crippen LogP contribution in [0.25, 0.3) is 68.1 Å². The van der Waals surface area contributed by atoms with Crippen LogP contribution in [0.3, 0.4) is 0 Å². The van der Waals surface area contributed by atoms with Crippen molar-refractivity contribution >= 4 is 83.1 Å². The average Bonchev–Trinajstić information content (AvgIpc) is 1.70. The number of hydrogen-bond acceptors (Lipinski definition) is 20. The summed E-state index contributed by atoms with van der Waals surface area (Å²) in [5, 5.41) is 13.6. The number of H-pyrrole nitrogens is 4. The summed E-state index contributed by atoms with van der Waals surface area (Å²) in [7, 11) is 1.60. The van der Waals surface area contributed by atoms with E-state index in [2.05, 4.69) is 233 Å².